The maximum absolute atomic E-state index is 4.16. The number of hydrogen-bond donors (Lipinski definition) is 0. The Labute approximate surface area is 82.2 Å². The van der Waals surface area contributed by atoms with E-state index in [1.54, 1.807) is 11.8 Å². The molecule has 1 heterocycles. The highest BCUT2D eigenvalue weighted by Gasteiger charge is 1.98. The van der Waals surface area contributed by atoms with Crippen molar-refractivity contribution < 1.29 is 0 Å². The molecule has 0 N–H and O–H groups in total. The predicted molar refractivity (Wildman–Crippen MR) is 58.3 cm³/mol. The van der Waals surface area contributed by atoms with Gasteiger partial charge in [-0.05, 0) is 36.3 Å². The lowest BCUT2D eigenvalue weighted by atomic mass is 10.1. The summed E-state index contributed by atoms with van der Waals surface area (Å²) in [6.07, 6.45) is 5.91. The Hall–Kier alpha value is -1.02. The van der Waals surface area contributed by atoms with Crippen LogP contribution in [0.15, 0.2) is 35.5 Å². The lowest BCUT2D eigenvalue weighted by Crippen LogP contribution is -1.81. The van der Waals surface area contributed by atoms with E-state index in [9.17, 15) is 0 Å². The summed E-state index contributed by atoms with van der Waals surface area (Å²) < 4.78 is 0. The van der Waals surface area contributed by atoms with Crippen molar-refractivity contribution in [3.63, 3.8) is 0 Å². The van der Waals surface area contributed by atoms with E-state index in [4.69, 9.17) is 0 Å². The molecule has 0 radical (unpaired) electrons. The van der Waals surface area contributed by atoms with Crippen LogP contribution in [0.2, 0.25) is 0 Å². The number of hydrogen-bond acceptors (Lipinski definition) is 2. The first kappa shape index (κ1) is 8.57. The van der Waals surface area contributed by atoms with Gasteiger partial charge in [-0.15, -0.1) is 11.8 Å². The Balaban J connectivity index is 2.74. The highest BCUT2D eigenvalue weighted by atomic mass is 32.2. The molecule has 0 saturated heterocycles. The topological polar surface area (TPSA) is 12.9 Å². The number of aryl methyl sites for hydroxylation is 1. The second kappa shape index (κ2) is 3.38. The van der Waals surface area contributed by atoms with Crippen LogP contribution in [0.25, 0.3) is 10.8 Å². The fourth-order valence-electron chi connectivity index (χ4n) is 1.42. The Morgan fingerprint density at radius 1 is 1.23 bits per heavy atom. The molecule has 0 bridgehead atoms. The van der Waals surface area contributed by atoms with Gasteiger partial charge < -0.3 is 0 Å². The second-order valence-electron chi connectivity index (χ2n) is 3.04. The first-order valence-corrected chi connectivity index (χ1v) is 5.42. The molecule has 0 aliphatic rings. The van der Waals surface area contributed by atoms with Crippen LogP contribution in [0, 0.1) is 6.92 Å². The van der Waals surface area contributed by atoms with Crippen LogP contribution in [0.3, 0.4) is 0 Å². The van der Waals surface area contributed by atoms with Gasteiger partial charge in [-0.1, -0.05) is 6.07 Å². The molecule has 13 heavy (non-hydrogen) atoms. The third-order valence-corrected chi connectivity index (χ3v) is 2.89. The zero-order valence-corrected chi connectivity index (χ0v) is 8.56. The summed E-state index contributed by atoms with van der Waals surface area (Å²) in [6, 6.07) is 6.48. The average molecular weight is 189 g/mol. The maximum Gasteiger partial charge on any atom is 0.0346 e. The van der Waals surface area contributed by atoms with E-state index >= 15 is 0 Å². The number of benzene rings is 1. The zero-order chi connectivity index (χ0) is 9.26. The standard InChI is InChI=1S/C11H11NS/c1-8-6-12-7-9-3-4-10(13-2)5-11(8)9/h3-7H,1-2H3. The lowest BCUT2D eigenvalue weighted by molar-refractivity contribution is 1.30. The minimum absolute atomic E-state index is 1.22. The quantitative estimate of drug-likeness (QED) is 0.639. The monoisotopic (exact) mass is 189 g/mol. The number of nitrogens with zero attached hydrogens (tertiary/aromatic N) is 1. The van der Waals surface area contributed by atoms with E-state index in [-0.39, 0.29) is 0 Å². The molecule has 1 aromatic carbocycles. The van der Waals surface area contributed by atoms with Crippen molar-refractivity contribution >= 4 is 22.5 Å². The zero-order valence-electron chi connectivity index (χ0n) is 7.74. The predicted octanol–water partition coefficient (Wildman–Crippen LogP) is 3.27. The summed E-state index contributed by atoms with van der Waals surface area (Å²) >= 11 is 1.77. The summed E-state index contributed by atoms with van der Waals surface area (Å²) in [4.78, 5) is 5.47. The number of fused-ring (bicyclic) bond motifs is 1. The molecule has 0 amide bonds. The van der Waals surface area contributed by atoms with Crippen LogP contribution < -0.4 is 0 Å². The largest absolute Gasteiger partial charge is 0.264 e. The number of pyridine rings is 1. The normalized spacial score (nSPS) is 10.6. The van der Waals surface area contributed by atoms with Gasteiger partial charge in [-0.3, -0.25) is 4.98 Å². The first-order valence-electron chi connectivity index (χ1n) is 4.19. The van der Waals surface area contributed by atoms with Gasteiger partial charge in [0.25, 0.3) is 0 Å². The molecule has 0 unspecified atom stereocenters. The smallest absolute Gasteiger partial charge is 0.0346 e. The summed E-state index contributed by atoms with van der Waals surface area (Å²) in [5.41, 5.74) is 1.24. The van der Waals surface area contributed by atoms with Gasteiger partial charge in [0.15, 0.2) is 0 Å². The summed E-state index contributed by atoms with van der Waals surface area (Å²) in [5.74, 6) is 0. The summed E-state index contributed by atoms with van der Waals surface area (Å²) in [7, 11) is 0. The SMILES string of the molecule is CSc1ccc2cncc(C)c2c1. The van der Waals surface area contributed by atoms with Crippen molar-refractivity contribution in [3.8, 4) is 0 Å². The molecule has 0 aliphatic carbocycles. The van der Waals surface area contributed by atoms with Gasteiger partial charge >= 0.3 is 0 Å². The third kappa shape index (κ3) is 1.54. The van der Waals surface area contributed by atoms with E-state index in [0.717, 1.165) is 0 Å². The van der Waals surface area contributed by atoms with Crippen LogP contribution in [0.4, 0.5) is 0 Å². The van der Waals surface area contributed by atoms with E-state index in [1.165, 1.54) is 21.2 Å². The summed E-state index contributed by atoms with van der Waals surface area (Å²) in [6.45, 7) is 2.10. The van der Waals surface area contributed by atoms with Gasteiger partial charge in [0.1, 0.15) is 0 Å². The Bertz CT molecular complexity index is 437. The van der Waals surface area contributed by atoms with Crippen LogP contribution in [0.1, 0.15) is 5.56 Å². The van der Waals surface area contributed by atoms with Crippen molar-refractivity contribution in [2.24, 2.45) is 0 Å². The van der Waals surface area contributed by atoms with E-state index in [1.807, 2.05) is 12.4 Å². The van der Waals surface area contributed by atoms with Crippen molar-refractivity contribution in [1.82, 2.24) is 4.98 Å². The lowest BCUT2D eigenvalue weighted by Gasteiger charge is -2.02. The van der Waals surface area contributed by atoms with Gasteiger partial charge in [0.2, 0.25) is 0 Å². The van der Waals surface area contributed by atoms with Crippen LogP contribution >= 0.6 is 11.8 Å². The van der Waals surface area contributed by atoms with Gasteiger partial charge in [0, 0.05) is 22.7 Å². The van der Waals surface area contributed by atoms with Crippen molar-refractivity contribution in [1.29, 1.82) is 0 Å². The molecule has 2 heteroatoms. The minimum Gasteiger partial charge on any atom is -0.264 e. The minimum atomic E-state index is 1.22. The Morgan fingerprint density at radius 2 is 2.08 bits per heavy atom. The number of rotatable bonds is 1. The molecule has 66 valence electrons. The molecule has 0 fully saturated rings. The highest BCUT2D eigenvalue weighted by molar-refractivity contribution is 7.98. The molecule has 1 nitrogen and oxygen atoms in total. The van der Waals surface area contributed by atoms with E-state index < -0.39 is 0 Å². The third-order valence-electron chi connectivity index (χ3n) is 2.17. The van der Waals surface area contributed by atoms with Crippen molar-refractivity contribution in [2.75, 3.05) is 6.26 Å². The molecular weight excluding hydrogens is 178 g/mol. The van der Waals surface area contributed by atoms with Crippen LogP contribution in [-0.4, -0.2) is 11.2 Å². The second-order valence-corrected chi connectivity index (χ2v) is 3.92. The Morgan fingerprint density at radius 3 is 2.85 bits per heavy atom. The molecule has 0 spiro atoms. The molecule has 0 aliphatic heterocycles. The number of aromatic nitrogens is 1. The molecular formula is C11H11NS. The fraction of sp³-hybridized carbons (Fsp3) is 0.182. The van der Waals surface area contributed by atoms with Gasteiger partial charge in [-0.25, -0.2) is 0 Å². The first-order chi connectivity index (χ1) is 6.31. The molecule has 0 saturated carbocycles. The fourth-order valence-corrected chi connectivity index (χ4v) is 1.86. The van der Waals surface area contributed by atoms with Crippen LogP contribution in [-0.2, 0) is 0 Å². The van der Waals surface area contributed by atoms with Crippen molar-refractivity contribution in [3.05, 3.63) is 36.2 Å². The van der Waals surface area contributed by atoms with E-state index in [2.05, 4.69) is 36.4 Å². The average Bonchev–Trinajstić information content (AvgIpc) is 2.18. The molecule has 2 aromatic rings. The van der Waals surface area contributed by atoms with Crippen molar-refractivity contribution in [2.45, 2.75) is 11.8 Å². The van der Waals surface area contributed by atoms with Crippen LogP contribution in [0.5, 0.6) is 0 Å². The molecule has 0 atom stereocenters. The highest BCUT2D eigenvalue weighted by Crippen LogP contribution is 2.23. The van der Waals surface area contributed by atoms with E-state index in [0.29, 0.717) is 0 Å². The molecule has 2 rings (SSSR count). The maximum atomic E-state index is 4.16. The summed E-state index contributed by atoms with van der Waals surface area (Å²) in [5, 5.41) is 2.53. The Kier molecular flexibility index (Phi) is 2.23. The number of thioether (sulfide) groups is 1. The van der Waals surface area contributed by atoms with Gasteiger partial charge in [-0.2, -0.15) is 0 Å². The van der Waals surface area contributed by atoms with Gasteiger partial charge in [0.05, 0.1) is 0 Å². The molecule has 1 aromatic heterocycles.